The molecule has 30 heavy (non-hydrogen) atoms. The summed E-state index contributed by atoms with van der Waals surface area (Å²) in [5.41, 5.74) is 7.33. The highest BCUT2D eigenvalue weighted by Gasteiger charge is 2.28. The zero-order chi connectivity index (χ0) is 21.9. The van der Waals surface area contributed by atoms with Gasteiger partial charge in [-0.25, -0.2) is 4.79 Å². The number of amides is 2. The maximum atomic E-state index is 14.3. The molecule has 5 N–H and O–H groups in total. The van der Waals surface area contributed by atoms with Gasteiger partial charge in [0.15, 0.2) is 0 Å². The summed E-state index contributed by atoms with van der Waals surface area (Å²) in [6.45, 7) is 1.96. The molecule has 2 aromatic carbocycles. The number of anilines is 1. The summed E-state index contributed by atoms with van der Waals surface area (Å²) in [6, 6.07) is 15.4. The van der Waals surface area contributed by atoms with Crippen LogP contribution < -0.4 is 15.8 Å². The van der Waals surface area contributed by atoms with Crippen LogP contribution in [0, 0.1) is 12.3 Å². The summed E-state index contributed by atoms with van der Waals surface area (Å²) >= 11 is 6.10. The van der Waals surface area contributed by atoms with Gasteiger partial charge in [-0.2, -0.15) is 0 Å². The predicted molar refractivity (Wildman–Crippen MR) is 131 cm³/mol. The van der Waals surface area contributed by atoms with Gasteiger partial charge in [-0.1, -0.05) is 39.7 Å². The molecule has 2 amide bonds. The minimum atomic E-state index is -3.58. The molecule has 0 fully saturated rings. The molecule has 0 spiro atoms. The summed E-state index contributed by atoms with van der Waals surface area (Å²) in [7, 11) is -3.58. The molecule has 10 heteroatoms. The van der Waals surface area contributed by atoms with Gasteiger partial charge in [-0.05, 0) is 49.6 Å². The number of halogens is 1. The van der Waals surface area contributed by atoms with Crippen LogP contribution in [0.2, 0.25) is 0 Å². The number of amidine groups is 1. The molecule has 0 atom stereocenters. The third kappa shape index (κ3) is 4.94. The Morgan fingerprint density at radius 1 is 1.20 bits per heavy atom. The van der Waals surface area contributed by atoms with Gasteiger partial charge in [0, 0.05) is 25.2 Å². The van der Waals surface area contributed by atoms with Crippen molar-refractivity contribution in [3.05, 3.63) is 69.5 Å². The molecule has 158 valence electrons. The van der Waals surface area contributed by atoms with E-state index in [-0.39, 0.29) is 5.84 Å². The average Bonchev–Trinajstić information content (AvgIpc) is 3.15. The Morgan fingerprint density at radius 2 is 1.90 bits per heavy atom. The zero-order valence-electron chi connectivity index (χ0n) is 16.2. The second kappa shape index (κ2) is 9.34. The third-order valence-corrected chi connectivity index (χ3v) is 9.86. The molecule has 1 aromatic heterocycles. The molecular weight excluding hydrogens is 504 g/mol. The number of nitrogens with one attached hydrogen (secondary N) is 3. The van der Waals surface area contributed by atoms with Crippen LogP contribution in [-0.4, -0.2) is 22.3 Å². The molecule has 3 rings (SSSR count). The largest absolute Gasteiger partial charge is 0.383 e. The molecule has 0 aliphatic heterocycles. The summed E-state index contributed by atoms with van der Waals surface area (Å²) in [6.07, 6.45) is 1.86. The molecule has 0 saturated carbocycles. The van der Waals surface area contributed by atoms with E-state index in [0.29, 0.717) is 20.4 Å². The lowest BCUT2D eigenvalue weighted by Crippen LogP contribution is -2.39. The van der Waals surface area contributed by atoms with E-state index in [2.05, 4.69) is 26.0 Å². The van der Waals surface area contributed by atoms with Crippen molar-refractivity contribution >= 4 is 66.7 Å². The van der Waals surface area contributed by atoms with Gasteiger partial charge in [0.25, 0.3) is 0 Å². The van der Waals surface area contributed by atoms with Gasteiger partial charge in [0.05, 0.1) is 14.0 Å². The summed E-state index contributed by atoms with van der Waals surface area (Å²) < 4.78 is 18.5. The number of carbonyl (C=O) groups excluding carboxylic acids is 1. The quantitative estimate of drug-likeness (QED) is 0.135. The highest BCUT2D eigenvalue weighted by molar-refractivity contribution is 9.10. The Balaban J connectivity index is 2.05. The van der Waals surface area contributed by atoms with Gasteiger partial charge >= 0.3 is 6.03 Å². The SMILES string of the molecule is CSc1sc(C(=N)N)cc1[SH](=O)(NC(=O)Nc1ccc(C)cc1)c1cccc(Br)c1. The van der Waals surface area contributed by atoms with Crippen molar-refractivity contribution in [2.75, 3.05) is 11.6 Å². The maximum Gasteiger partial charge on any atom is 0.330 e. The zero-order valence-corrected chi connectivity index (χ0v) is 20.3. The Morgan fingerprint density at radius 3 is 2.50 bits per heavy atom. The van der Waals surface area contributed by atoms with Crippen LogP contribution in [0.15, 0.2) is 73.1 Å². The van der Waals surface area contributed by atoms with Gasteiger partial charge in [-0.3, -0.25) is 14.3 Å². The lowest BCUT2D eigenvalue weighted by molar-refractivity contribution is 0.256. The fourth-order valence-electron chi connectivity index (χ4n) is 2.74. The van der Waals surface area contributed by atoms with Crippen LogP contribution >= 0.6 is 39.0 Å². The number of benzene rings is 2. The first-order valence-electron chi connectivity index (χ1n) is 8.78. The summed E-state index contributed by atoms with van der Waals surface area (Å²) in [5, 5.41) is 10.5. The highest BCUT2D eigenvalue weighted by atomic mass is 79.9. The van der Waals surface area contributed by atoms with E-state index in [9.17, 15) is 9.00 Å². The summed E-state index contributed by atoms with van der Waals surface area (Å²) in [4.78, 5) is 14.2. The van der Waals surface area contributed by atoms with Crippen LogP contribution in [0.5, 0.6) is 0 Å². The molecule has 3 aromatic rings. The Bertz CT molecular complexity index is 1150. The fraction of sp³-hybridized carbons (Fsp3) is 0.100. The topological polar surface area (TPSA) is 108 Å². The highest BCUT2D eigenvalue weighted by Crippen LogP contribution is 2.40. The van der Waals surface area contributed by atoms with E-state index < -0.39 is 16.1 Å². The molecule has 0 unspecified atom stereocenters. The van der Waals surface area contributed by atoms with E-state index >= 15 is 0 Å². The number of nitrogens with two attached hydrogens (primary N) is 1. The van der Waals surface area contributed by atoms with Crippen molar-refractivity contribution in [1.29, 1.82) is 5.41 Å². The number of thioether (sulfide) groups is 1. The number of hydrogen-bond donors (Lipinski definition) is 5. The Labute approximate surface area is 192 Å². The van der Waals surface area contributed by atoms with Crippen molar-refractivity contribution in [2.24, 2.45) is 5.73 Å². The fourth-order valence-corrected chi connectivity index (χ4v) is 8.16. The normalized spacial score (nSPS) is 11.7. The lowest BCUT2D eigenvalue weighted by atomic mass is 10.2. The van der Waals surface area contributed by atoms with Crippen LogP contribution in [0.3, 0.4) is 0 Å². The van der Waals surface area contributed by atoms with Crippen molar-refractivity contribution < 1.29 is 9.00 Å². The first-order valence-corrected chi connectivity index (χ1v) is 13.3. The van der Waals surface area contributed by atoms with Crippen LogP contribution in [-0.2, 0) is 10.1 Å². The first kappa shape index (κ1) is 22.5. The number of thiol groups is 1. The van der Waals surface area contributed by atoms with Crippen molar-refractivity contribution in [2.45, 2.75) is 20.9 Å². The number of carbonyl (C=O) groups is 1. The first-order chi connectivity index (χ1) is 14.2. The minimum absolute atomic E-state index is 0.105. The van der Waals surface area contributed by atoms with Gasteiger partial charge < -0.3 is 11.1 Å². The number of urea groups is 1. The standard InChI is InChI=1S/C20H21BrN4O2S3/c1-12-6-8-14(9-7-12)24-20(26)25-30(27,15-5-3-4-13(21)10-15)17-11-16(18(22)23)29-19(17)28-2/h3-11,30H,1-2H3,(H3,22,23)(H2,24,25,26,27). The van der Waals surface area contributed by atoms with E-state index in [0.717, 1.165) is 14.2 Å². The number of rotatable bonds is 6. The molecule has 0 radical (unpaired) electrons. The Kier molecular flexibility index (Phi) is 7.02. The van der Waals surface area contributed by atoms with Crippen molar-refractivity contribution in [3.63, 3.8) is 0 Å². The molecule has 0 aliphatic rings. The van der Waals surface area contributed by atoms with Crippen molar-refractivity contribution in [1.82, 2.24) is 4.72 Å². The number of thiophene rings is 1. The van der Waals surface area contributed by atoms with Crippen molar-refractivity contribution in [3.8, 4) is 0 Å². The van der Waals surface area contributed by atoms with Gasteiger partial charge in [-0.15, -0.1) is 23.1 Å². The third-order valence-electron chi connectivity index (χ3n) is 4.21. The predicted octanol–water partition coefficient (Wildman–Crippen LogP) is 5.00. The molecule has 1 heterocycles. The van der Waals surface area contributed by atoms with E-state index in [4.69, 9.17) is 11.1 Å². The molecule has 6 nitrogen and oxygen atoms in total. The second-order valence-electron chi connectivity index (χ2n) is 6.42. The Hall–Kier alpha value is -2.14. The maximum absolute atomic E-state index is 14.3. The smallest absolute Gasteiger partial charge is 0.330 e. The number of aryl methyl sites for hydroxylation is 1. The van der Waals surface area contributed by atoms with E-state index in [1.807, 2.05) is 31.4 Å². The lowest BCUT2D eigenvalue weighted by Gasteiger charge is -2.26. The van der Waals surface area contributed by atoms with Crippen LogP contribution in [0.1, 0.15) is 10.4 Å². The van der Waals surface area contributed by atoms with Crippen LogP contribution in [0.25, 0.3) is 0 Å². The second-order valence-corrected chi connectivity index (χ2v) is 11.9. The monoisotopic (exact) mass is 524 g/mol. The molecular formula is C20H21BrN4O2S3. The van der Waals surface area contributed by atoms with E-state index in [1.165, 1.54) is 23.1 Å². The van der Waals surface area contributed by atoms with E-state index in [1.54, 1.807) is 36.4 Å². The van der Waals surface area contributed by atoms with Crippen LogP contribution in [0.4, 0.5) is 10.5 Å². The number of nitrogen functional groups attached to an aromatic ring is 1. The van der Waals surface area contributed by atoms with Gasteiger partial charge in [0.2, 0.25) is 0 Å². The molecule has 0 bridgehead atoms. The molecule has 0 saturated heterocycles. The average molecular weight is 526 g/mol. The summed E-state index contributed by atoms with van der Waals surface area (Å²) in [5.74, 6) is -0.105. The minimum Gasteiger partial charge on any atom is -0.383 e. The molecule has 0 aliphatic carbocycles. The number of hydrogen-bond acceptors (Lipinski definition) is 5. The van der Waals surface area contributed by atoms with Gasteiger partial charge in [0.1, 0.15) is 5.84 Å².